The van der Waals surface area contributed by atoms with E-state index in [0.29, 0.717) is 21.7 Å². The van der Waals surface area contributed by atoms with Gasteiger partial charge >= 0.3 is 0 Å². The largest absolute Gasteiger partial charge is 0.352 e. The van der Waals surface area contributed by atoms with E-state index in [4.69, 9.17) is 35.4 Å². The van der Waals surface area contributed by atoms with Gasteiger partial charge in [0.1, 0.15) is 0 Å². The molecular weight excluding hydrogens is 459 g/mol. The molecule has 0 aliphatic carbocycles. The van der Waals surface area contributed by atoms with Crippen LogP contribution in [0.4, 0.5) is 0 Å². The molecule has 32 heavy (non-hydrogen) atoms. The molecule has 1 aliphatic rings. The minimum atomic E-state index is -0.105. The van der Waals surface area contributed by atoms with Gasteiger partial charge in [0.05, 0.1) is 28.5 Å². The number of nitrogens with zero attached hydrogens (tertiary/aromatic N) is 3. The van der Waals surface area contributed by atoms with E-state index in [9.17, 15) is 0 Å². The predicted octanol–water partition coefficient (Wildman–Crippen LogP) is 6.35. The van der Waals surface area contributed by atoms with Crippen LogP contribution in [0.3, 0.4) is 0 Å². The van der Waals surface area contributed by atoms with E-state index < -0.39 is 0 Å². The van der Waals surface area contributed by atoms with Gasteiger partial charge in [-0.2, -0.15) is 0 Å². The zero-order valence-electron chi connectivity index (χ0n) is 17.0. The number of aromatic nitrogens is 2. The van der Waals surface area contributed by atoms with Gasteiger partial charge in [-0.05, 0) is 60.2 Å². The molecule has 1 N–H and O–H groups in total. The summed E-state index contributed by atoms with van der Waals surface area (Å²) in [5.41, 5.74) is 4.05. The molecule has 0 radical (unpaired) electrons. The summed E-state index contributed by atoms with van der Waals surface area (Å²) in [4.78, 5) is 6.85. The van der Waals surface area contributed by atoms with Crippen LogP contribution in [0.5, 0.6) is 0 Å². The van der Waals surface area contributed by atoms with E-state index in [2.05, 4.69) is 38.0 Å². The van der Waals surface area contributed by atoms with Crippen LogP contribution in [0.25, 0.3) is 5.69 Å². The van der Waals surface area contributed by atoms with Crippen molar-refractivity contribution < 1.29 is 0 Å². The molecule has 2 aromatic heterocycles. The molecule has 0 spiro atoms. The highest BCUT2D eigenvalue weighted by Gasteiger charge is 2.41. The van der Waals surface area contributed by atoms with Crippen LogP contribution in [-0.4, -0.2) is 19.6 Å². The van der Waals surface area contributed by atoms with Crippen molar-refractivity contribution in [2.75, 3.05) is 0 Å². The Labute approximate surface area is 202 Å². The van der Waals surface area contributed by atoms with Crippen LogP contribution in [-0.2, 0) is 6.54 Å². The van der Waals surface area contributed by atoms with Gasteiger partial charge < -0.3 is 14.8 Å². The summed E-state index contributed by atoms with van der Waals surface area (Å²) < 4.78 is 2.10. The maximum Gasteiger partial charge on any atom is 0.170 e. The lowest BCUT2D eigenvalue weighted by Gasteiger charge is -2.29. The van der Waals surface area contributed by atoms with Crippen molar-refractivity contribution in [2.24, 2.45) is 0 Å². The molecule has 2 unspecified atom stereocenters. The van der Waals surface area contributed by atoms with Gasteiger partial charge in [-0.25, -0.2) is 0 Å². The maximum absolute atomic E-state index is 6.58. The van der Waals surface area contributed by atoms with Crippen molar-refractivity contribution in [3.8, 4) is 5.69 Å². The van der Waals surface area contributed by atoms with Gasteiger partial charge in [0.25, 0.3) is 0 Å². The Kier molecular flexibility index (Phi) is 5.87. The molecule has 0 bridgehead atoms. The van der Waals surface area contributed by atoms with Crippen molar-refractivity contribution in [3.63, 3.8) is 0 Å². The highest BCUT2D eigenvalue weighted by atomic mass is 35.5. The Morgan fingerprint density at radius 3 is 2.50 bits per heavy atom. The lowest BCUT2D eigenvalue weighted by molar-refractivity contribution is 0.302. The van der Waals surface area contributed by atoms with Crippen molar-refractivity contribution in [2.45, 2.75) is 18.6 Å². The number of nitrogens with one attached hydrogen (secondary N) is 1. The molecule has 2 atom stereocenters. The van der Waals surface area contributed by atoms with Crippen LogP contribution >= 0.6 is 35.4 Å². The standard InChI is InChI=1S/C25H20Cl2N4S/c26-18-11-12-21(19(27)15-18)30-14-6-10-22(30)24-23(20-9-4-5-13-28-20)29-25(32)31(24)16-17-7-2-1-3-8-17/h1-15,23-24H,16H2,(H,29,32). The molecule has 160 valence electrons. The number of thiocarbonyl (C=S) groups is 1. The fourth-order valence-corrected chi connectivity index (χ4v) is 5.01. The van der Waals surface area contributed by atoms with Gasteiger partial charge in [-0.15, -0.1) is 0 Å². The van der Waals surface area contributed by atoms with Crippen LogP contribution in [0.15, 0.2) is 91.3 Å². The number of hydrogen-bond acceptors (Lipinski definition) is 2. The first-order valence-electron chi connectivity index (χ1n) is 10.3. The summed E-state index contributed by atoms with van der Waals surface area (Å²) in [6.07, 6.45) is 3.83. The van der Waals surface area contributed by atoms with Crippen molar-refractivity contribution in [1.82, 2.24) is 19.8 Å². The first-order chi connectivity index (χ1) is 15.6. The lowest BCUT2D eigenvalue weighted by Crippen LogP contribution is -2.30. The first-order valence-corrected chi connectivity index (χ1v) is 11.4. The first kappa shape index (κ1) is 21.0. The fraction of sp³-hybridized carbons (Fsp3) is 0.120. The molecule has 0 saturated carbocycles. The van der Waals surface area contributed by atoms with E-state index in [0.717, 1.165) is 17.1 Å². The number of benzene rings is 2. The van der Waals surface area contributed by atoms with Crippen molar-refractivity contribution >= 4 is 40.5 Å². The summed E-state index contributed by atoms with van der Waals surface area (Å²) in [7, 11) is 0. The predicted molar refractivity (Wildman–Crippen MR) is 133 cm³/mol. The third-order valence-corrected chi connectivity index (χ3v) is 6.54. The highest BCUT2D eigenvalue weighted by molar-refractivity contribution is 7.80. The molecule has 7 heteroatoms. The van der Waals surface area contributed by atoms with E-state index in [1.165, 1.54) is 5.56 Å². The lowest BCUT2D eigenvalue weighted by atomic mass is 10.0. The minimum Gasteiger partial charge on any atom is -0.352 e. The molecule has 1 aliphatic heterocycles. The van der Waals surface area contributed by atoms with Gasteiger partial charge in [0.15, 0.2) is 5.11 Å². The number of rotatable bonds is 5. The number of halogens is 2. The third kappa shape index (κ3) is 3.99. The molecule has 0 amide bonds. The molecule has 3 heterocycles. The van der Waals surface area contributed by atoms with Gasteiger partial charge in [0, 0.05) is 29.7 Å². The second-order valence-electron chi connectivity index (χ2n) is 7.64. The quantitative estimate of drug-likeness (QED) is 0.338. The summed E-state index contributed by atoms with van der Waals surface area (Å²) in [5, 5.41) is 5.40. The van der Waals surface area contributed by atoms with Crippen molar-refractivity contribution in [1.29, 1.82) is 0 Å². The summed E-state index contributed by atoms with van der Waals surface area (Å²) in [6.45, 7) is 0.681. The molecule has 5 rings (SSSR count). The second kappa shape index (κ2) is 8.94. The molecule has 4 aromatic rings. The average Bonchev–Trinajstić information content (AvgIpc) is 3.40. The molecule has 4 nitrogen and oxygen atoms in total. The molecular formula is C25H20Cl2N4S. The minimum absolute atomic E-state index is 0.0839. The van der Waals surface area contributed by atoms with Crippen LogP contribution in [0, 0.1) is 0 Å². The van der Waals surface area contributed by atoms with E-state index >= 15 is 0 Å². The summed E-state index contributed by atoms with van der Waals surface area (Å²) in [5.74, 6) is 0. The Morgan fingerprint density at radius 1 is 0.938 bits per heavy atom. The zero-order valence-corrected chi connectivity index (χ0v) is 19.4. The van der Waals surface area contributed by atoms with E-state index in [-0.39, 0.29) is 12.1 Å². The smallest absolute Gasteiger partial charge is 0.170 e. The van der Waals surface area contributed by atoms with Crippen LogP contribution in [0.2, 0.25) is 10.0 Å². The molecule has 2 aromatic carbocycles. The normalized spacial score (nSPS) is 18.1. The monoisotopic (exact) mass is 478 g/mol. The highest BCUT2D eigenvalue weighted by Crippen LogP contribution is 2.41. The van der Waals surface area contributed by atoms with E-state index in [1.54, 1.807) is 6.07 Å². The summed E-state index contributed by atoms with van der Waals surface area (Å²) in [6, 6.07) is 25.8. The van der Waals surface area contributed by atoms with Crippen LogP contribution in [0.1, 0.15) is 29.0 Å². The Bertz CT molecular complexity index is 1240. The average molecular weight is 479 g/mol. The van der Waals surface area contributed by atoms with Gasteiger partial charge in [-0.3, -0.25) is 4.98 Å². The number of hydrogen-bond donors (Lipinski definition) is 1. The van der Waals surface area contributed by atoms with Gasteiger partial charge in [-0.1, -0.05) is 59.6 Å². The second-order valence-corrected chi connectivity index (χ2v) is 8.87. The topological polar surface area (TPSA) is 33.1 Å². The third-order valence-electron chi connectivity index (χ3n) is 5.65. The molecule has 1 saturated heterocycles. The number of pyridine rings is 1. The maximum atomic E-state index is 6.58. The Morgan fingerprint density at radius 2 is 1.75 bits per heavy atom. The molecule has 1 fully saturated rings. The Hall–Kier alpha value is -2.86. The van der Waals surface area contributed by atoms with Crippen molar-refractivity contribution in [3.05, 3.63) is 118 Å². The van der Waals surface area contributed by atoms with Crippen LogP contribution < -0.4 is 5.32 Å². The summed E-state index contributed by atoms with van der Waals surface area (Å²) >= 11 is 18.5. The zero-order chi connectivity index (χ0) is 22.1. The SMILES string of the molecule is S=C1NC(c2ccccn2)C(c2cccn2-c2ccc(Cl)cc2Cl)N1Cc1ccccc1. The van der Waals surface area contributed by atoms with E-state index in [1.807, 2.05) is 67.0 Å². The van der Waals surface area contributed by atoms with Gasteiger partial charge in [0.2, 0.25) is 0 Å². The fourth-order valence-electron chi connectivity index (χ4n) is 4.21. The Balaban J connectivity index is 1.62.